The molecular weight excluding hydrogens is 550 g/mol. The monoisotopic (exact) mass is 589 g/mol. The molecule has 0 aliphatic carbocycles. The first kappa shape index (κ1) is 36.9. The maximum absolute atomic E-state index is 11.2. The summed E-state index contributed by atoms with van der Waals surface area (Å²) >= 11 is 1.14. The Hall–Kier alpha value is -1.11. The molecule has 0 amide bonds. The van der Waals surface area contributed by atoms with Crippen molar-refractivity contribution < 1.29 is 60.6 Å². The Labute approximate surface area is 231 Å². The number of aliphatic hydroxyl groups excluding tert-OH is 10. The largest absolute Gasteiger partial charge is 0.492 e. The second-order valence-corrected chi connectivity index (χ2v) is 9.78. The molecule has 10 N–H and O–H groups in total. The Morgan fingerprint density at radius 1 is 0.842 bits per heavy atom. The Kier molecular flexibility index (Phi) is 18.5. The van der Waals surface area contributed by atoms with Gasteiger partial charge in [0, 0.05) is 32.3 Å². The maximum Gasteiger partial charge on any atom is 0.186 e. The molecule has 1 aromatic rings. The highest BCUT2D eigenvalue weighted by molar-refractivity contribution is 8.12. The van der Waals surface area contributed by atoms with Crippen molar-refractivity contribution in [3.63, 3.8) is 0 Å². The number of thioether (sulfide) groups is 1. The molecule has 15 heteroatoms. The van der Waals surface area contributed by atoms with Gasteiger partial charge in [-0.15, -0.1) is 12.4 Å². The predicted octanol–water partition coefficient (Wildman–Crippen LogP) is -3.56. The molecule has 0 saturated carbocycles. The van der Waals surface area contributed by atoms with Crippen molar-refractivity contribution in [2.24, 2.45) is 0 Å². The number of nitrogens with zero attached hydrogens (tertiary/aromatic N) is 1. The summed E-state index contributed by atoms with van der Waals surface area (Å²) in [5.74, 6) is 0.933. The fourth-order valence-corrected chi connectivity index (χ4v) is 3.88. The molecule has 38 heavy (non-hydrogen) atoms. The smallest absolute Gasteiger partial charge is 0.186 e. The number of carbonyl (C=O) groups excluding carboxylic acids is 1. The summed E-state index contributed by atoms with van der Waals surface area (Å²) in [7, 11) is 0. The van der Waals surface area contributed by atoms with Gasteiger partial charge in [-0.1, -0.05) is 23.9 Å². The number of carbonyl (C=O) groups is 1. The van der Waals surface area contributed by atoms with Crippen molar-refractivity contribution in [3.8, 4) is 5.75 Å². The molecule has 222 valence electrons. The minimum absolute atomic E-state index is 0. The van der Waals surface area contributed by atoms with Crippen LogP contribution in [0, 0.1) is 0 Å². The van der Waals surface area contributed by atoms with Crippen molar-refractivity contribution >= 4 is 29.3 Å². The molecule has 0 radical (unpaired) electrons. The summed E-state index contributed by atoms with van der Waals surface area (Å²) in [6.07, 6.45) is -14.2. The highest BCUT2D eigenvalue weighted by Gasteiger charge is 2.34. The van der Waals surface area contributed by atoms with Gasteiger partial charge in [0.1, 0.15) is 49.0 Å². The number of ether oxygens (including phenoxy) is 1. The zero-order chi connectivity index (χ0) is 28.1. The van der Waals surface area contributed by atoms with Gasteiger partial charge in [0.05, 0.1) is 25.4 Å². The lowest BCUT2D eigenvalue weighted by molar-refractivity contribution is -0.130. The Morgan fingerprint density at radius 3 is 1.76 bits per heavy atom. The lowest BCUT2D eigenvalue weighted by atomic mass is 10.0. The Morgan fingerprint density at radius 2 is 1.32 bits per heavy atom. The Balaban J connectivity index is 0.0000137. The van der Waals surface area contributed by atoms with Gasteiger partial charge < -0.3 is 55.8 Å². The topological polar surface area (TPSA) is 232 Å². The molecule has 8 atom stereocenters. The summed E-state index contributed by atoms with van der Waals surface area (Å²) in [5, 5.41) is 97.6. The minimum Gasteiger partial charge on any atom is -0.492 e. The first-order chi connectivity index (χ1) is 17.4. The summed E-state index contributed by atoms with van der Waals surface area (Å²) in [5.41, 5.74) is 0.847. The number of aliphatic hydroxyl groups is 10. The average molecular weight is 590 g/mol. The molecule has 0 fully saturated rings. The number of hydrogen-bond acceptors (Lipinski definition) is 14. The van der Waals surface area contributed by atoms with Crippen LogP contribution in [0.25, 0.3) is 0 Å². The van der Waals surface area contributed by atoms with E-state index in [-0.39, 0.29) is 30.7 Å². The van der Waals surface area contributed by atoms with Crippen molar-refractivity contribution in [3.05, 3.63) is 29.8 Å². The molecular formula is C23H40ClNO12S. The van der Waals surface area contributed by atoms with Gasteiger partial charge in [-0.2, -0.15) is 0 Å². The third-order valence-corrected chi connectivity index (χ3v) is 6.44. The van der Waals surface area contributed by atoms with E-state index in [0.29, 0.717) is 11.5 Å². The number of benzene rings is 1. The molecule has 0 aliphatic heterocycles. The Bertz CT molecular complexity index is 767. The summed E-state index contributed by atoms with van der Waals surface area (Å²) in [6, 6.07) is 6.98. The van der Waals surface area contributed by atoms with Crippen LogP contribution in [-0.4, -0.2) is 149 Å². The van der Waals surface area contributed by atoms with Crippen LogP contribution >= 0.6 is 24.2 Å². The highest BCUT2D eigenvalue weighted by Crippen LogP contribution is 2.19. The van der Waals surface area contributed by atoms with E-state index in [0.717, 1.165) is 17.3 Å². The van der Waals surface area contributed by atoms with Gasteiger partial charge in [0.2, 0.25) is 0 Å². The molecule has 1 rings (SSSR count). The van der Waals surface area contributed by atoms with Crippen LogP contribution in [-0.2, 0) is 10.5 Å². The standard InChI is InChI=1S/C23H39NO12S.ClH/c1-13(27)37-12-14-3-2-4-15(7-14)36-6-5-24(8-16(28)20(32)22(34)18(30)10-25)9-17(29)21(33)23(35)19(31)11-26;/h2-4,7,16-23,25-26,28-35H,5-6,8-12H2,1H3;1H/t16-,17-,18+,19+,20+,21+,22+,23+;/m0./s1. The van der Waals surface area contributed by atoms with E-state index in [4.69, 9.17) is 14.9 Å². The van der Waals surface area contributed by atoms with Gasteiger partial charge in [-0.25, -0.2) is 0 Å². The van der Waals surface area contributed by atoms with E-state index in [1.807, 2.05) is 6.07 Å². The average Bonchev–Trinajstić information content (AvgIpc) is 2.89. The van der Waals surface area contributed by atoms with Crippen LogP contribution in [0.3, 0.4) is 0 Å². The molecule has 0 unspecified atom stereocenters. The quantitative estimate of drug-likeness (QED) is 0.0798. The van der Waals surface area contributed by atoms with E-state index in [2.05, 4.69) is 0 Å². The van der Waals surface area contributed by atoms with Gasteiger partial charge >= 0.3 is 0 Å². The van der Waals surface area contributed by atoms with E-state index in [1.54, 1.807) is 18.2 Å². The lowest BCUT2D eigenvalue weighted by Crippen LogP contribution is -2.53. The fourth-order valence-electron chi connectivity index (χ4n) is 3.33. The molecule has 0 saturated heterocycles. The van der Waals surface area contributed by atoms with Crippen LogP contribution in [0.15, 0.2) is 24.3 Å². The lowest BCUT2D eigenvalue weighted by Gasteiger charge is -2.33. The zero-order valence-electron chi connectivity index (χ0n) is 20.9. The SMILES string of the molecule is CC(=O)SCc1cccc(OCCN(C[C@H](O)[C@@H](O)[C@H](O)[C@H](O)CO)C[C@H](O)[C@@H](O)[C@H](O)[C@H](O)CO)c1.Cl. The molecule has 13 nitrogen and oxygen atoms in total. The van der Waals surface area contributed by atoms with Crippen molar-refractivity contribution in [1.82, 2.24) is 4.90 Å². The molecule has 0 aromatic heterocycles. The number of hydrogen-bond donors (Lipinski definition) is 10. The van der Waals surface area contributed by atoms with Crippen molar-refractivity contribution in [1.29, 1.82) is 0 Å². The molecule has 0 spiro atoms. The van der Waals surface area contributed by atoms with Crippen molar-refractivity contribution in [2.45, 2.75) is 61.5 Å². The summed E-state index contributed by atoms with van der Waals surface area (Å²) in [4.78, 5) is 12.5. The van der Waals surface area contributed by atoms with E-state index < -0.39 is 75.1 Å². The third kappa shape index (κ3) is 12.8. The third-order valence-electron chi connectivity index (χ3n) is 5.56. The molecule has 1 aromatic carbocycles. The van der Waals surface area contributed by atoms with E-state index in [9.17, 15) is 45.6 Å². The summed E-state index contributed by atoms with van der Waals surface area (Å²) < 4.78 is 5.71. The normalized spacial score (nSPS) is 18.0. The maximum atomic E-state index is 11.2. The first-order valence-electron chi connectivity index (χ1n) is 11.6. The van der Waals surface area contributed by atoms with Crippen molar-refractivity contribution in [2.75, 3.05) is 39.5 Å². The minimum atomic E-state index is -1.87. The van der Waals surface area contributed by atoms with Gasteiger partial charge in [0.15, 0.2) is 5.12 Å². The second kappa shape index (κ2) is 19.0. The predicted molar refractivity (Wildman–Crippen MR) is 140 cm³/mol. The van der Waals surface area contributed by atoms with Crippen LogP contribution in [0.5, 0.6) is 5.75 Å². The summed E-state index contributed by atoms with van der Waals surface area (Å²) in [6.45, 7) is -1.03. The number of halogens is 1. The van der Waals surface area contributed by atoms with Crippen LogP contribution < -0.4 is 4.74 Å². The van der Waals surface area contributed by atoms with Gasteiger partial charge in [-0.05, 0) is 17.7 Å². The molecule has 0 bridgehead atoms. The van der Waals surface area contributed by atoms with Crippen LogP contribution in [0.2, 0.25) is 0 Å². The first-order valence-corrected chi connectivity index (χ1v) is 12.6. The second-order valence-electron chi connectivity index (χ2n) is 8.63. The van der Waals surface area contributed by atoms with Crippen LogP contribution in [0.1, 0.15) is 12.5 Å². The zero-order valence-corrected chi connectivity index (χ0v) is 22.6. The van der Waals surface area contributed by atoms with E-state index in [1.165, 1.54) is 11.8 Å². The van der Waals surface area contributed by atoms with Gasteiger partial charge in [0.25, 0.3) is 0 Å². The van der Waals surface area contributed by atoms with Crippen LogP contribution in [0.4, 0.5) is 0 Å². The van der Waals surface area contributed by atoms with E-state index >= 15 is 0 Å². The van der Waals surface area contributed by atoms with Gasteiger partial charge in [-0.3, -0.25) is 9.69 Å². The highest BCUT2D eigenvalue weighted by atomic mass is 35.5. The molecule has 0 heterocycles. The fraction of sp³-hybridized carbons (Fsp3) is 0.696. The number of rotatable bonds is 18. The molecule has 0 aliphatic rings.